The predicted octanol–water partition coefficient (Wildman–Crippen LogP) is 2.80. The van der Waals surface area contributed by atoms with E-state index in [9.17, 15) is 8.42 Å². The number of amidine groups is 1. The number of thioether (sulfide) groups is 1. The third-order valence-corrected chi connectivity index (χ3v) is 5.18. The molecule has 1 aromatic rings. The van der Waals surface area contributed by atoms with E-state index in [1.807, 2.05) is 0 Å². The summed E-state index contributed by atoms with van der Waals surface area (Å²) in [6.07, 6.45) is 0. The van der Waals surface area contributed by atoms with Crippen LogP contribution in [0.25, 0.3) is 0 Å². The molecule has 0 atom stereocenters. The van der Waals surface area contributed by atoms with Crippen molar-refractivity contribution in [2.75, 3.05) is 10.4 Å². The maximum Gasteiger partial charge on any atom is 0.265 e. The summed E-state index contributed by atoms with van der Waals surface area (Å²) in [6, 6.07) is 4.93. The molecule has 1 N–H and O–H groups in total. The van der Waals surface area contributed by atoms with Gasteiger partial charge >= 0.3 is 0 Å². The minimum Gasteiger partial charge on any atom is -0.334 e. The van der Waals surface area contributed by atoms with E-state index in [2.05, 4.69) is 9.71 Å². The van der Waals surface area contributed by atoms with Gasteiger partial charge < -0.3 is 5.32 Å². The van der Waals surface area contributed by atoms with Crippen LogP contribution in [0.3, 0.4) is 0 Å². The summed E-state index contributed by atoms with van der Waals surface area (Å²) in [7, 11) is -3.30. The van der Waals surface area contributed by atoms with Gasteiger partial charge in [-0.2, -0.15) is 0 Å². The van der Waals surface area contributed by atoms with E-state index < -0.39 is 10.0 Å². The van der Waals surface area contributed by atoms with Crippen molar-refractivity contribution in [3.05, 3.63) is 28.2 Å². The van der Waals surface area contributed by atoms with Crippen LogP contribution in [0.5, 0.6) is 0 Å². The summed E-state index contributed by atoms with van der Waals surface area (Å²) < 4.78 is 25.6. The Kier molecular flexibility index (Phi) is 3.34. The monoisotopic (exact) mass is 296 g/mol. The van der Waals surface area contributed by atoms with Crippen LogP contribution in [0, 0.1) is 0 Å². The molecule has 0 aliphatic carbocycles. The first-order chi connectivity index (χ1) is 7.46. The van der Waals surface area contributed by atoms with Gasteiger partial charge in [-0.15, -0.1) is 4.40 Å². The second kappa shape index (κ2) is 4.44. The third kappa shape index (κ3) is 2.82. The Bertz CT molecular complexity index is 557. The van der Waals surface area contributed by atoms with Crippen LogP contribution in [0.2, 0.25) is 10.0 Å². The van der Waals surface area contributed by atoms with E-state index >= 15 is 0 Å². The molecule has 4 nitrogen and oxygen atoms in total. The number of halogens is 2. The summed E-state index contributed by atoms with van der Waals surface area (Å²) >= 11 is 12.7. The van der Waals surface area contributed by atoms with E-state index in [1.54, 1.807) is 18.2 Å². The standard InChI is InChI=1S/C8H6Cl2N2O2S2/c9-6-2-1-5(3-7(6)10)11-8-12-16(13,14)4-15-8/h1-3H,4H2,(H,11,12). The van der Waals surface area contributed by atoms with Gasteiger partial charge in [0.05, 0.1) is 10.0 Å². The molecule has 1 aromatic carbocycles. The number of hydrogen-bond donors (Lipinski definition) is 1. The van der Waals surface area contributed by atoms with Crippen LogP contribution in [0.1, 0.15) is 0 Å². The highest BCUT2D eigenvalue weighted by atomic mass is 35.5. The maximum absolute atomic E-state index is 11.1. The number of rotatable bonds is 1. The fourth-order valence-corrected chi connectivity index (χ4v) is 3.66. The quantitative estimate of drug-likeness (QED) is 0.866. The molecule has 2 rings (SSSR count). The van der Waals surface area contributed by atoms with Gasteiger partial charge in [0.25, 0.3) is 10.0 Å². The van der Waals surface area contributed by atoms with Gasteiger partial charge in [-0.1, -0.05) is 35.0 Å². The molecule has 0 saturated heterocycles. The van der Waals surface area contributed by atoms with Crippen LogP contribution in [-0.2, 0) is 10.0 Å². The highest BCUT2D eigenvalue weighted by Crippen LogP contribution is 2.27. The average molecular weight is 297 g/mol. The number of benzene rings is 1. The number of nitrogens with one attached hydrogen (secondary N) is 1. The molecule has 0 amide bonds. The van der Waals surface area contributed by atoms with Crippen molar-refractivity contribution < 1.29 is 8.42 Å². The number of hydrogen-bond acceptors (Lipinski definition) is 4. The molecular weight excluding hydrogens is 291 g/mol. The van der Waals surface area contributed by atoms with Crippen molar-refractivity contribution in [2.24, 2.45) is 4.40 Å². The molecular formula is C8H6Cl2N2O2S2. The van der Waals surface area contributed by atoms with Crippen LogP contribution >= 0.6 is 35.0 Å². The van der Waals surface area contributed by atoms with Crippen molar-refractivity contribution in [1.82, 2.24) is 0 Å². The molecule has 1 aliphatic heterocycles. The first-order valence-electron chi connectivity index (χ1n) is 4.14. The Morgan fingerprint density at radius 2 is 2.06 bits per heavy atom. The van der Waals surface area contributed by atoms with E-state index in [0.29, 0.717) is 20.9 Å². The fraction of sp³-hybridized carbons (Fsp3) is 0.125. The number of nitrogens with zero attached hydrogens (tertiary/aromatic N) is 1. The minimum absolute atomic E-state index is 0.0311. The molecule has 16 heavy (non-hydrogen) atoms. The number of anilines is 1. The van der Waals surface area contributed by atoms with Crippen LogP contribution in [0.15, 0.2) is 22.6 Å². The van der Waals surface area contributed by atoms with Gasteiger partial charge in [0, 0.05) is 5.69 Å². The molecule has 0 aromatic heterocycles. The van der Waals surface area contributed by atoms with Gasteiger partial charge in [-0.05, 0) is 18.2 Å². The molecule has 0 unspecified atom stereocenters. The van der Waals surface area contributed by atoms with Gasteiger partial charge in [-0.25, -0.2) is 8.42 Å². The van der Waals surface area contributed by atoms with Crippen molar-refractivity contribution in [2.45, 2.75) is 0 Å². The summed E-state index contributed by atoms with van der Waals surface area (Å²) in [6.45, 7) is 0. The van der Waals surface area contributed by atoms with Crippen LogP contribution in [0.4, 0.5) is 5.69 Å². The van der Waals surface area contributed by atoms with E-state index in [-0.39, 0.29) is 5.08 Å². The Morgan fingerprint density at radius 3 is 2.62 bits per heavy atom. The smallest absolute Gasteiger partial charge is 0.265 e. The molecule has 0 radical (unpaired) electrons. The maximum atomic E-state index is 11.1. The highest BCUT2D eigenvalue weighted by molar-refractivity contribution is 8.24. The van der Waals surface area contributed by atoms with Gasteiger partial charge in [-0.3, -0.25) is 0 Å². The molecule has 0 spiro atoms. The van der Waals surface area contributed by atoms with E-state index in [4.69, 9.17) is 23.2 Å². The summed E-state index contributed by atoms with van der Waals surface area (Å²) in [5.41, 5.74) is 0.651. The van der Waals surface area contributed by atoms with Crippen molar-refractivity contribution in [1.29, 1.82) is 0 Å². The lowest BCUT2D eigenvalue weighted by molar-refractivity contribution is 0.603. The van der Waals surface area contributed by atoms with Crippen LogP contribution < -0.4 is 5.32 Å². The second-order valence-electron chi connectivity index (χ2n) is 2.99. The largest absolute Gasteiger partial charge is 0.334 e. The van der Waals surface area contributed by atoms with Gasteiger partial charge in [0.2, 0.25) is 0 Å². The van der Waals surface area contributed by atoms with Crippen molar-refractivity contribution in [3.63, 3.8) is 0 Å². The Hall–Kier alpha value is -0.430. The highest BCUT2D eigenvalue weighted by Gasteiger charge is 2.21. The second-order valence-corrected chi connectivity index (χ2v) is 6.77. The first-order valence-corrected chi connectivity index (χ1v) is 7.49. The lowest BCUT2D eigenvalue weighted by Crippen LogP contribution is -2.04. The first kappa shape index (κ1) is 12.0. The normalized spacial score (nSPS) is 18.2. The molecule has 0 saturated carbocycles. The topological polar surface area (TPSA) is 58.5 Å². The van der Waals surface area contributed by atoms with Crippen molar-refractivity contribution >= 4 is 55.8 Å². The Balaban J connectivity index is 2.20. The lowest BCUT2D eigenvalue weighted by atomic mass is 10.3. The summed E-state index contributed by atoms with van der Waals surface area (Å²) in [5, 5.41) is 4.02. The average Bonchev–Trinajstić information content (AvgIpc) is 2.52. The SMILES string of the molecule is O=S1(=O)CSC(Nc2ccc(Cl)c(Cl)c2)=N1. The van der Waals surface area contributed by atoms with Gasteiger partial charge in [0.15, 0.2) is 5.17 Å². The zero-order valence-corrected chi connectivity index (χ0v) is 10.9. The molecule has 0 bridgehead atoms. The minimum atomic E-state index is -3.30. The van der Waals surface area contributed by atoms with Crippen LogP contribution in [-0.4, -0.2) is 18.7 Å². The van der Waals surface area contributed by atoms with E-state index in [1.165, 1.54) is 0 Å². The lowest BCUT2D eigenvalue weighted by Gasteiger charge is -2.04. The van der Waals surface area contributed by atoms with Gasteiger partial charge in [0.1, 0.15) is 5.08 Å². The Morgan fingerprint density at radius 1 is 1.31 bits per heavy atom. The predicted molar refractivity (Wildman–Crippen MR) is 68.9 cm³/mol. The summed E-state index contributed by atoms with van der Waals surface area (Å²) in [4.78, 5) is 0. The Labute approximate surface area is 107 Å². The van der Waals surface area contributed by atoms with E-state index in [0.717, 1.165) is 11.8 Å². The number of sulfonamides is 1. The molecule has 0 fully saturated rings. The molecule has 86 valence electrons. The third-order valence-electron chi connectivity index (χ3n) is 1.74. The molecule has 1 heterocycles. The summed E-state index contributed by atoms with van der Waals surface area (Å²) in [5.74, 6) is 0. The molecule has 1 aliphatic rings. The fourth-order valence-electron chi connectivity index (χ4n) is 1.07. The zero-order valence-electron chi connectivity index (χ0n) is 7.78. The zero-order chi connectivity index (χ0) is 11.8. The van der Waals surface area contributed by atoms with Crippen molar-refractivity contribution in [3.8, 4) is 0 Å². The molecule has 8 heteroatoms.